The van der Waals surface area contributed by atoms with Crippen LogP contribution in [-0.2, 0) is 0 Å². The van der Waals surface area contributed by atoms with Gasteiger partial charge in [0.1, 0.15) is 5.82 Å². The second-order valence-electron chi connectivity index (χ2n) is 4.95. The number of amides is 1. The molecule has 1 amide bonds. The molecule has 0 radical (unpaired) electrons. The fourth-order valence-electron chi connectivity index (χ4n) is 2.09. The fraction of sp³-hybridized carbons (Fsp3) is 0.176. The minimum atomic E-state index is -0.223. The Bertz CT molecular complexity index is 802. The largest absolute Gasteiger partial charge is 0.352 e. The molecule has 2 aromatic carbocycles. The van der Waals surface area contributed by atoms with E-state index in [0.29, 0.717) is 12.1 Å². The maximum atomic E-state index is 12.8. The van der Waals surface area contributed by atoms with E-state index >= 15 is 0 Å². The smallest absolute Gasteiger partial charge is 0.251 e. The third-order valence-corrected chi connectivity index (χ3v) is 5.17. The Labute approximate surface area is 141 Å². The molecule has 0 aliphatic heterocycles. The number of benzene rings is 2. The molecule has 3 nitrogen and oxygen atoms in total. The quantitative estimate of drug-likeness (QED) is 0.533. The van der Waals surface area contributed by atoms with Gasteiger partial charge in [-0.05, 0) is 54.6 Å². The molecule has 1 heterocycles. The van der Waals surface area contributed by atoms with Gasteiger partial charge in [-0.15, -0.1) is 23.1 Å². The van der Waals surface area contributed by atoms with Gasteiger partial charge in [-0.2, -0.15) is 0 Å². The average molecular weight is 346 g/mol. The Kier molecular flexibility index (Phi) is 5.25. The Balaban J connectivity index is 1.43. The summed E-state index contributed by atoms with van der Waals surface area (Å²) in [5.74, 6) is 0.589. The molecule has 118 valence electrons. The molecule has 0 bridgehead atoms. The minimum Gasteiger partial charge on any atom is -0.352 e. The molecule has 1 aromatic heterocycles. The molecular formula is C17H15FN2OS2. The van der Waals surface area contributed by atoms with E-state index in [-0.39, 0.29) is 11.7 Å². The highest BCUT2D eigenvalue weighted by atomic mass is 32.2. The van der Waals surface area contributed by atoms with Crippen molar-refractivity contribution in [3.8, 4) is 0 Å². The van der Waals surface area contributed by atoms with Crippen molar-refractivity contribution < 1.29 is 9.18 Å². The Morgan fingerprint density at radius 2 is 2.04 bits per heavy atom. The molecule has 0 aliphatic rings. The van der Waals surface area contributed by atoms with Crippen molar-refractivity contribution >= 4 is 39.2 Å². The van der Waals surface area contributed by atoms with Crippen molar-refractivity contribution in [1.29, 1.82) is 0 Å². The first-order valence-corrected chi connectivity index (χ1v) is 9.09. The standard InChI is InChI=1S/C17H15FN2OS2/c18-13-3-5-14(6-4-13)22-9-1-8-19-17(21)12-2-7-15-16(10-12)23-11-20-15/h2-7,10-11H,1,8-9H2,(H,19,21). The molecule has 0 aliphatic carbocycles. The molecule has 0 unspecified atom stereocenters. The monoisotopic (exact) mass is 346 g/mol. The minimum absolute atomic E-state index is 0.0629. The second-order valence-corrected chi connectivity index (χ2v) is 7.00. The van der Waals surface area contributed by atoms with Crippen molar-refractivity contribution in [2.75, 3.05) is 12.3 Å². The van der Waals surface area contributed by atoms with E-state index in [1.54, 1.807) is 35.5 Å². The molecule has 23 heavy (non-hydrogen) atoms. The number of nitrogens with one attached hydrogen (secondary N) is 1. The van der Waals surface area contributed by atoms with Gasteiger partial charge in [0, 0.05) is 17.0 Å². The number of thioether (sulfide) groups is 1. The Morgan fingerprint density at radius 1 is 1.22 bits per heavy atom. The molecule has 0 saturated carbocycles. The van der Waals surface area contributed by atoms with Crippen LogP contribution >= 0.6 is 23.1 Å². The molecular weight excluding hydrogens is 331 g/mol. The lowest BCUT2D eigenvalue weighted by Crippen LogP contribution is -2.24. The second kappa shape index (κ2) is 7.57. The summed E-state index contributed by atoms with van der Waals surface area (Å²) in [5.41, 5.74) is 3.36. The van der Waals surface area contributed by atoms with Gasteiger partial charge in [0.25, 0.3) is 5.91 Å². The normalized spacial score (nSPS) is 10.8. The number of hydrogen-bond acceptors (Lipinski definition) is 4. The van der Waals surface area contributed by atoms with Crippen LogP contribution in [-0.4, -0.2) is 23.2 Å². The summed E-state index contributed by atoms with van der Waals surface area (Å²) in [6.45, 7) is 0.619. The zero-order valence-corrected chi connectivity index (χ0v) is 13.9. The third-order valence-electron chi connectivity index (χ3n) is 3.28. The van der Waals surface area contributed by atoms with Crippen molar-refractivity contribution in [2.24, 2.45) is 0 Å². The zero-order valence-electron chi connectivity index (χ0n) is 12.3. The first-order chi connectivity index (χ1) is 11.2. The zero-order chi connectivity index (χ0) is 16.1. The molecule has 3 aromatic rings. The van der Waals surface area contributed by atoms with Gasteiger partial charge in [0.05, 0.1) is 15.7 Å². The van der Waals surface area contributed by atoms with Gasteiger partial charge in [0.15, 0.2) is 0 Å². The first-order valence-electron chi connectivity index (χ1n) is 7.22. The highest BCUT2D eigenvalue weighted by Crippen LogP contribution is 2.20. The molecule has 6 heteroatoms. The number of fused-ring (bicyclic) bond motifs is 1. The SMILES string of the molecule is O=C(NCCCSc1ccc(F)cc1)c1ccc2ncsc2c1. The highest BCUT2D eigenvalue weighted by molar-refractivity contribution is 7.99. The van der Waals surface area contributed by atoms with Crippen molar-refractivity contribution in [2.45, 2.75) is 11.3 Å². The van der Waals surface area contributed by atoms with E-state index in [4.69, 9.17) is 0 Å². The van der Waals surface area contributed by atoms with Crippen LogP contribution in [0.15, 0.2) is 52.9 Å². The summed E-state index contributed by atoms with van der Waals surface area (Å²) in [7, 11) is 0. The van der Waals surface area contributed by atoms with Gasteiger partial charge >= 0.3 is 0 Å². The van der Waals surface area contributed by atoms with Gasteiger partial charge < -0.3 is 5.32 Å². The fourth-order valence-corrected chi connectivity index (χ4v) is 3.66. The van der Waals surface area contributed by atoms with Crippen molar-refractivity contribution in [3.63, 3.8) is 0 Å². The number of rotatable bonds is 6. The van der Waals surface area contributed by atoms with Crippen LogP contribution in [0, 0.1) is 5.82 Å². The van der Waals surface area contributed by atoms with E-state index in [1.807, 2.05) is 12.1 Å². The Hall–Kier alpha value is -1.92. The van der Waals surface area contributed by atoms with Crippen LogP contribution in [0.5, 0.6) is 0 Å². The molecule has 1 N–H and O–H groups in total. The lowest BCUT2D eigenvalue weighted by atomic mass is 10.2. The summed E-state index contributed by atoms with van der Waals surface area (Å²) in [6, 6.07) is 12.0. The number of thiazole rings is 1. The van der Waals surface area contributed by atoms with E-state index < -0.39 is 0 Å². The summed E-state index contributed by atoms with van der Waals surface area (Å²) >= 11 is 3.18. The van der Waals surface area contributed by atoms with Crippen molar-refractivity contribution in [1.82, 2.24) is 10.3 Å². The summed E-state index contributed by atoms with van der Waals surface area (Å²) in [6.07, 6.45) is 0.858. The maximum absolute atomic E-state index is 12.8. The molecule has 3 rings (SSSR count). The summed E-state index contributed by atoms with van der Waals surface area (Å²) in [4.78, 5) is 17.3. The van der Waals surface area contributed by atoms with E-state index in [2.05, 4.69) is 10.3 Å². The molecule has 0 saturated heterocycles. The van der Waals surface area contributed by atoms with Crippen molar-refractivity contribution in [3.05, 3.63) is 59.4 Å². The van der Waals surface area contributed by atoms with Crippen LogP contribution < -0.4 is 5.32 Å². The predicted molar refractivity (Wildman–Crippen MR) is 93.7 cm³/mol. The number of hydrogen-bond donors (Lipinski definition) is 1. The predicted octanol–water partition coefficient (Wildman–Crippen LogP) is 4.35. The lowest BCUT2D eigenvalue weighted by Gasteiger charge is -2.05. The van der Waals surface area contributed by atoms with E-state index in [0.717, 1.165) is 27.3 Å². The number of carbonyl (C=O) groups is 1. The van der Waals surface area contributed by atoms with Gasteiger partial charge in [-0.3, -0.25) is 4.79 Å². The van der Waals surface area contributed by atoms with Gasteiger partial charge in [-0.1, -0.05) is 0 Å². The number of carbonyl (C=O) groups excluding carboxylic acids is 1. The first kappa shape index (κ1) is 16.0. The van der Waals surface area contributed by atoms with E-state index in [9.17, 15) is 9.18 Å². The maximum Gasteiger partial charge on any atom is 0.251 e. The van der Waals surface area contributed by atoms with Crippen LogP contribution in [0.3, 0.4) is 0 Å². The molecule has 0 atom stereocenters. The van der Waals surface area contributed by atoms with Gasteiger partial charge in [0.2, 0.25) is 0 Å². The van der Waals surface area contributed by atoms with Gasteiger partial charge in [-0.25, -0.2) is 9.37 Å². The van der Waals surface area contributed by atoms with Crippen LogP contribution in [0.1, 0.15) is 16.8 Å². The van der Waals surface area contributed by atoms with Crippen LogP contribution in [0.2, 0.25) is 0 Å². The third kappa shape index (κ3) is 4.30. The topological polar surface area (TPSA) is 42.0 Å². The van der Waals surface area contributed by atoms with E-state index in [1.165, 1.54) is 23.5 Å². The summed E-state index contributed by atoms with van der Waals surface area (Å²) in [5, 5.41) is 2.92. The number of nitrogens with zero attached hydrogens (tertiary/aromatic N) is 1. The van der Waals surface area contributed by atoms with Crippen LogP contribution in [0.4, 0.5) is 4.39 Å². The lowest BCUT2D eigenvalue weighted by molar-refractivity contribution is 0.0954. The number of aromatic nitrogens is 1. The molecule has 0 fully saturated rings. The Morgan fingerprint density at radius 3 is 2.87 bits per heavy atom. The highest BCUT2D eigenvalue weighted by Gasteiger charge is 2.06. The summed E-state index contributed by atoms with van der Waals surface area (Å²) < 4.78 is 13.8. The molecule has 0 spiro atoms. The number of halogens is 1. The van der Waals surface area contributed by atoms with Crippen LogP contribution in [0.25, 0.3) is 10.2 Å². The average Bonchev–Trinajstić information content (AvgIpc) is 3.03.